The minimum Gasteiger partial charge on any atom is -1.00 e. The Morgan fingerprint density at radius 1 is 0.640 bits per heavy atom. The van der Waals surface area contributed by atoms with Crippen LogP contribution in [0.3, 0.4) is 0 Å². The van der Waals surface area contributed by atoms with Crippen molar-refractivity contribution in [2.24, 2.45) is 0 Å². The normalized spacial score (nSPS) is 14.6. The second kappa shape index (κ2) is 19.2. The van der Waals surface area contributed by atoms with Gasteiger partial charge in [0.2, 0.25) is 0 Å². The van der Waals surface area contributed by atoms with Gasteiger partial charge in [0.15, 0.2) is 0 Å². The molecule has 0 N–H and O–H groups in total. The van der Waals surface area contributed by atoms with Gasteiger partial charge in [0, 0.05) is 0 Å². The van der Waals surface area contributed by atoms with Crippen molar-refractivity contribution in [3.63, 3.8) is 0 Å². The molecule has 140 valence electrons. The topological polar surface area (TPSA) is 0 Å². The molecule has 0 heterocycles. The summed E-state index contributed by atoms with van der Waals surface area (Å²) in [5.74, 6) is 0. The third kappa shape index (κ3) is 13.3. The zero-order valence-corrected chi connectivity index (χ0v) is 20.5. The van der Waals surface area contributed by atoms with Crippen molar-refractivity contribution in [1.29, 1.82) is 0 Å². The largest absolute Gasteiger partial charge is 4.00 e. The molecule has 25 heavy (non-hydrogen) atoms. The summed E-state index contributed by atoms with van der Waals surface area (Å²) in [6.07, 6.45) is 23.9. The maximum absolute atomic E-state index is 3.47. The van der Waals surface area contributed by atoms with E-state index in [1.165, 1.54) is 86.5 Å². The van der Waals surface area contributed by atoms with E-state index in [4.69, 9.17) is 0 Å². The summed E-state index contributed by atoms with van der Waals surface area (Å²) in [4.78, 5) is 0. The van der Waals surface area contributed by atoms with E-state index in [-0.39, 0.29) is 51.0 Å². The standard InChI is InChI=1S/2C11H17.2ClH.Zr/c2*1-3-5-10-7-8-11(9-10)6-4-2;;;/h2*7H,3-6,8H2,1-2H3;2*1H;/q2*-1;;;+4/p-2. The summed E-state index contributed by atoms with van der Waals surface area (Å²) < 4.78 is 0. The van der Waals surface area contributed by atoms with Gasteiger partial charge < -0.3 is 24.8 Å². The first-order valence-corrected chi connectivity index (χ1v) is 9.34. The molecule has 0 nitrogen and oxygen atoms in total. The summed E-state index contributed by atoms with van der Waals surface area (Å²) in [5.41, 5.74) is 5.90. The molecule has 0 radical (unpaired) electrons. The Bertz CT molecular complexity index is 403. The third-order valence-electron chi connectivity index (χ3n) is 4.01. The minimum absolute atomic E-state index is 0. The summed E-state index contributed by atoms with van der Waals surface area (Å²) in [7, 11) is 0. The molecule has 2 aliphatic rings. The molecule has 0 amide bonds. The van der Waals surface area contributed by atoms with Crippen molar-refractivity contribution in [2.75, 3.05) is 0 Å². The van der Waals surface area contributed by atoms with Crippen LogP contribution in [0.15, 0.2) is 34.4 Å². The first kappa shape index (κ1) is 30.2. The van der Waals surface area contributed by atoms with Crippen LogP contribution in [0.5, 0.6) is 0 Å². The van der Waals surface area contributed by atoms with E-state index >= 15 is 0 Å². The molecule has 2 aliphatic carbocycles. The number of hydrogen-bond donors (Lipinski definition) is 0. The van der Waals surface area contributed by atoms with Gasteiger partial charge >= 0.3 is 26.2 Å². The van der Waals surface area contributed by atoms with Gasteiger partial charge in [-0.3, -0.25) is 0 Å². The fraction of sp³-hybridized carbons (Fsp3) is 0.636. The van der Waals surface area contributed by atoms with Crippen LogP contribution in [0.4, 0.5) is 0 Å². The van der Waals surface area contributed by atoms with Crippen molar-refractivity contribution in [2.45, 2.75) is 91.9 Å². The number of allylic oxidation sites excluding steroid dienone is 8. The average molecular weight is 461 g/mol. The molecular weight excluding hydrogens is 426 g/mol. The fourth-order valence-corrected chi connectivity index (χ4v) is 2.95. The first-order chi connectivity index (χ1) is 10.7. The molecule has 0 aromatic rings. The van der Waals surface area contributed by atoms with Crippen LogP contribution in [0, 0.1) is 12.2 Å². The Hall–Kier alpha value is 0.423. The van der Waals surface area contributed by atoms with E-state index in [0.29, 0.717) is 0 Å². The quantitative estimate of drug-likeness (QED) is 0.479. The number of halogens is 2. The third-order valence-corrected chi connectivity index (χ3v) is 4.01. The van der Waals surface area contributed by atoms with E-state index in [1.807, 2.05) is 0 Å². The van der Waals surface area contributed by atoms with Crippen molar-refractivity contribution in [1.82, 2.24) is 0 Å². The van der Waals surface area contributed by atoms with E-state index in [2.05, 4.69) is 52.0 Å². The van der Waals surface area contributed by atoms with Gasteiger partial charge in [0.05, 0.1) is 0 Å². The first-order valence-electron chi connectivity index (χ1n) is 9.34. The van der Waals surface area contributed by atoms with Crippen molar-refractivity contribution in [3.8, 4) is 0 Å². The molecule has 3 heteroatoms. The SMILES string of the molecule is CCCC1=[C-]C(CCC)=CC1.CCCC1=[C-]C(CCC)=CC1.[Cl-].[Cl-].[Zr+4]. The Labute approximate surface area is 188 Å². The van der Waals surface area contributed by atoms with Crippen molar-refractivity contribution < 1.29 is 51.0 Å². The van der Waals surface area contributed by atoms with Gasteiger partial charge in [0.25, 0.3) is 0 Å². The van der Waals surface area contributed by atoms with E-state index in [1.54, 1.807) is 0 Å². The van der Waals surface area contributed by atoms with Crippen LogP contribution in [0.2, 0.25) is 0 Å². The molecule has 0 atom stereocenters. The van der Waals surface area contributed by atoms with Crippen molar-refractivity contribution in [3.05, 3.63) is 46.6 Å². The van der Waals surface area contributed by atoms with Crippen LogP contribution in [-0.2, 0) is 26.2 Å². The predicted octanol–water partition coefficient (Wildman–Crippen LogP) is 1.30. The average Bonchev–Trinajstić information content (AvgIpc) is 3.12. The molecular formula is C22H34Cl2Zr. The van der Waals surface area contributed by atoms with E-state index in [9.17, 15) is 0 Å². The minimum atomic E-state index is 0. The zero-order chi connectivity index (χ0) is 16.2. The monoisotopic (exact) mass is 458 g/mol. The van der Waals surface area contributed by atoms with Crippen LogP contribution >= 0.6 is 0 Å². The Morgan fingerprint density at radius 2 is 0.960 bits per heavy atom. The predicted molar refractivity (Wildman–Crippen MR) is 98.5 cm³/mol. The summed E-state index contributed by atoms with van der Waals surface area (Å²) in [6.45, 7) is 8.90. The summed E-state index contributed by atoms with van der Waals surface area (Å²) in [6, 6.07) is 0. The molecule has 2 rings (SSSR count). The Morgan fingerprint density at radius 3 is 1.24 bits per heavy atom. The van der Waals surface area contributed by atoms with Gasteiger partial charge in [0.1, 0.15) is 0 Å². The van der Waals surface area contributed by atoms with Gasteiger partial charge in [-0.05, 0) is 0 Å². The summed E-state index contributed by atoms with van der Waals surface area (Å²) >= 11 is 0. The molecule has 0 fully saturated rings. The second-order valence-corrected chi connectivity index (χ2v) is 6.32. The van der Waals surface area contributed by atoms with Gasteiger partial charge in [-0.2, -0.15) is 11.1 Å². The van der Waals surface area contributed by atoms with Gasteiger partial charge in [-0.25, -0.2) is 35.5 Å². The molecule has 0 aromatic carbocycles. The van der Waals surface area contributed by atoms with Crippen LogP contribution < -0.4 is 24.8 Å². The smallest absolute Gasteiger partial charge is 1.00 e. The maximum Gasteiger partial charge on any atom is 4.00 e. The van der Waals surface area contributed by atoms with Crippen LogP contribution in [0.25, 0.3) is 0 Å². The van der Waals surface area contributed by atoms with E-state index < -0.39 is 0 Å². The van der Waals surface area contributed by atoms with Gasteiger partial charge in [-0.15, -0.1) is 0 Å². The Balaban J connectivity index is -0.000000346. The Kier molecular flexibility index (Phi) is 23.2. The van der Waals surface area contributed by atoms with Crippen LogP contribution in [0.1, 0.15) is 91.9 Å². The molecule has 0 bridgehead atoms. The zero-order valence-electron chi connectivity index (χ0n) is 16.5. The fourth-order valence-electron chi connectivity index (χ4n) is 2.95. The molecule has 0 saturated carbocycles. The number of hydrogen-bond acceptors (Lipinski definition) is 0. The molecule has 0 saturated heterocycles. The molecule has 0 unspecified atom stereocenters. The molecule has 0 aliphatic heterocycles. The van der Waals surface area contributed by atoms with Crippen molar-refractivity contribution >= 4 is 0 Å². The number of rotatable bonds is 8. The maximum atomic E-state index is 3.47. The molecule has 0 aromatic heterocycles. The summed E-state index contributed by atoms with van der Waals surface area (Å²) in [5, 5.41) is 0. The molecule has 0 spiro atoms. The van der Waals surface area contributed by atoms with Crippen LogP contribution in [-0.4, -0.2) is 0 Å². The second-order valence-electron chi connectivity index (χ2n) is 6.32. The van der Waals surface area contributed by atoms with Gasteiger partial charge in [-0.1, -0.05) is 91.9 Å². The van der Waals surface area contributed by atoms with E-state index in [0.717, 1.165) is 0 Å².